The molecule has 3 aromatic carbocycles. The summed E-state index contributed by atoms with van der Waals surface area (Å²) in [5.74, 6) is 0. The average molecular weight is 350 g/mol. The van der Waals surface area contributed by atoms with E-state index in [-0.39, 0.29) is 11.7 Å². The van der Waals surface area contributed by atoms with Crippen LogP contribution in [0.15, 0.2) is 59.4 Å². The van der Waals surface area contributed by atoms with Gasteiger partial charge in [-0.15, -0.1) is 0 Å². The molecule has 3 aromatic rings. The highest BCUT2D eigenvalue weighted by Gasteiger charge is 2.11. The first kappa shape index (κ1) is 18.6. The van der Waals surface area contributed by atoms with E-state index in [4.69, 9.17) is 9.47 Å². The van der Waals surface area contributed by atoms with Crippen LogP contribution in [0.4, 0.5) is 0 Å². The van der Waals surface area contributed by atoms with Crippen molar-refractivity contribution in [1.29, 1.82) is 0 Å². The van der Waals surface area contributed by atoms with Gasteiger partial charge in [-0.3, -0.25) is 4.79 Å². The quantitative estimate of drug-likeness (QED) is 0.532. The summed E-state index contributed by atoms with van der Waals surface area (Å²) < 4.78 is 11.7. The summed E-state index contributed by atoms with van der Waals surface area (Å²) in [5, 5.41) is 3.42. The summed E-state index contributed by atoms with van der Waals surface area (Å²) in [6.07, 6.45) is 2.37. The summed E-state index contributed by atoms with van der Waals surface area (Å²) in [5.41, 5.74) is 1.19. The summed E-state index contributed by atoms with van der Waals surface area (Å²) in [6, 6.07) is 17.8. The maximum atomic E-state index is 12.9. The molecule has 0 spiro atoms. The molecule has 0 unspecified atom stereocenters. The third-order valence-electron chi connectivity index (χ3n) is 4.43. The first-order valence-electron chi connectivity index (χ1n) is 9.40. The average Bonchev–Trinajstić information content (AvgIpc) is 2.81. The number of rotatable bonds is 8. The summed E-state index contributed by atoms with van der Waals surface area (Å²) in [4.78, 5) is 12.9. The van der Waals surface area contributed by atoms with Crippen LogP contribution in [0.2, 0.25) is 0 Å². The summed E-state index contributed by atoms with van der Waals surface area (Å²) >= 11 is 0. The minimum atomic E-state index is -0.240. The van der Waals surface area contributed by atoms with E-state index >= 15 is 0 Å². The normalized spacial score (nSPS) is 11.5. The Morgan fingerprint density at radius 2 is 1.46 bits per heavy atom. The van der Waals surface area contributed by atoms with Crippen molar-refractivity contribution in [2.45, 2.75) is 39.4 Å². The standard InChI is InChI=1S/C23H26O3/c1-3-13-25-22(26-14-4-2)16-17-9-12-21-19(15-17)11-10-18-7-5-6-8-20(18)23(21)24/h5-12,15,22H,3-4,13-14,16H2,1-2H3. The van der Waals surface area contributed by atoms with Crippen molar-refractivity contribution in [3.05, 3.63) is 70.4 Å². The molecule has 0 saturated heterocycles. The van der Waals surface area contributed by atoms with E-state index in [1.807, 2.05) is 48.5 Å². The molecule has 0 aliphatic rings. The topological polar surface area (TPSA) is 35.5 Å². The van der Waals surface area contributed by atoms with Crippen LogP contribution >= 0.6 is 0 Å². The molecule has 26 heavy (non-hydrogen) atoms. The largest absolute Gasteiger partial charge is 0.352 e. The fraction of sp³-hybridized carbons (Fsp3) is 0.348. The van der Waals surface area contributed by atoms with E-state index in [2.05, 4.69) is 19.9 Å². The van der Waals surface area contributed by atoms with Crippen LogP contribution in [0, 0.1) is 0 Å². The lowest BCUT2D eigenvalue weighted by Crippen LogP contribution is -2.21. The minimum absolute atomic E-state index is 0.0770. The lowest BCUT2D eigenvalue weighted by atomic mass is 10.1. The van der Waals surface area contributed by atoms with E-state index in [0.29, 0.717) is 19.6 Å². The van der Waals surface area contributed by atoms with Crippen molar-refractivity contribution < 1.29 is 9.47 Å². The van der Waals surface area contributed by atoms with Crippen molar-refractivity contribution >= 4 is 21.5 Å². The van der Waals surface area contributed by atoms with Gasteiger partial charge >= 0.3 is 0 Å². The van der Waals surface area contributed by atoms with E-state index in [0.717, 1.165) is 39.9 Å². The SMILES string of the molecule is CCCOC(Cc1ccc2c(=O)c3ccccc3ccc2c1)OCCC. The van der Waals surface area contributed by atoms with Crippen molar-refractivity contribution in [1.82, 2.24) is 0 Å². The van der Waals surface area contributed by atoms with E-state index < -0.39 is 0 Å². The maximum absolute atomic E-state index is 12.9. The third-order valence-corrected chi connectivity index (χ3v) is 4.43. The van der Waals surface area contributed by atoms with Crippen molar-refractivity contribution in [3.8, 4) is 0 Å². The molecule has 0 amide bonds. The first-order valence-corrected chi connectivity index (χ1v) is 9.40. The van der Waals surface area contributed by atoms with E-state index in [9.17, 15) is 4.79 Å². The first-order chi connectivity index (χ1) is 12.7. The summed E-state index contributed by atoms with van der Waals surface area (Å²) in [6.45, 7) is 5.56. The lowest BCUT2D eigenvalue weighted by Gasteiger charge is -2.18. The van der Waals surface area contributed by atoms with E-state index in [1.165, 1.54) is 0 Å². The van der Waals surface area contributed by atoms with Gasteiger partial charge in [-0.1, -0.05) is 68.4 Å². The van der Waals surface area contributed by atoms with Crippen LogP contribution in [0.5, 0.6) is 0 Å². The number of fused-ring (bicyclic) bond motifs is 2. The smallest absolute Gasteiger partial charge is 0.194 e. The van der Waals surface area contributed by atoms with Crippen LogP contribution in [0.3, 0.4) is 0 Å². The predicted octanol–water partition coefficient (Wildman–Crippen LogP) is 5.08. The fourth-order valence-electron chi connectivity index (χ4n) is 3.11. The third kappa shape index (κ3) is 4.29. The molecule has 0 bridgehead atoms. The molecule has 0 aliphatic heterocycles. The van der Waals surface area contributed by atoms with Crippen LogP contribution in [0.1, 0.15) is 32.3 Å². The maximum Gasteiger partial charge on any atom is 0.194 e. The van der Waals surface area contributed by atoms with Crippen LogP contribution in [-0.2, 0) is 15.9 Å². The molecule has 0 saturated carbocycles. The number of hydrogen-bond acceptors (Lipinski definition) is 3. The number of ether oxygens (including phenoxy) is 2. The Morgan fingerprint density at radius 3 is 2.19 bits per heavy atom. The Kier molecular flexibility index (Phi) is 6.37. The predicted molar refractivity (Wildman–Crippen MR) is 108 cm³/mol. The second kappa shape index (κ2) is 8.93. The Hall–Kier alpha value is -2.23. The zero-order valence-electron chi connectivity index (χ0n) is 15.5. The van der Waals surface area contributed by atoms with Gasteiger partial charge in [0.25, 0.3) is 0 Å². The molecule has 0 fully saturated rings. The molecule has 0 radical (unpaired) electrons. The van der Waals surface area contributed by atoms with Crippen molar-refractivity contribution in [2.24, 2.45) is 0 Å². The zero-order valence-corrected chi connectivity index (χ0v) is 15.5. The van der Waals surface area contributed by atoms with Gasteiger partial charge in [0.2, 0.25) is 0 Å². The van der Waals surface area contributed by atoms with Gasteiger partial charge in [0.05, 0.1) is 0 Å². The number of hydrogen-bond donors (Lipinski definition) is 0. The van der Waals surface area contributed by atoms with Crippen molar-refractivity contribution in [3.63, 3.8) is 0 Å². The van der Waals surface area contributed by atoms with Gasteiger partial charge < -0.3 is 9.47 Å². The molecule has 3 nitrogen and oxygen atoms in total. The molecule has 0 aliphatic carbocycles. The molecular formula is C23H26O3. The fourth-order valence-corrected chi connectivity index (χ4v) is 3.11. The molecule has 0 atom stereocenters. The molecule has 3 heteroatoms. The van der Waals surface area contributed by atoms with Gasteiger partial charge in [0.15, 0.2) is 11.7 Å². The Balaban J connectivity index is 1.95. The van der Waals surface area contributed by atoms with E-state index in [1.54, 1.807) is 0 Å². The number of benzene rings is 2. The Morgan fingerprint density at radius 1 is 0.808 bits per heavy atom. The zero-order chi connectivity index (χ0) is 18.4. The van der Waals surface area contributed by atoms with Crippen LogP contribution in [0.25, 0.3) is 21.5 Å². The highest BCUT2D eigenvalue weighted by atomic mass is 16.7. The molecule has 0 aromatic heterocycles. The molecule has 136 valence electrons. The monoisotopic (exact) mass is 350 g/mol. The highest BCUT2D eigenvalue weighted by molar-refractivity contribution is 5.93. The van der Waals surface area contributed by atoms with Gasteiger partial charge in [0.1, 0.15) is 0 Å². The van der Waals surface area contributed by atoms with Crippen LogP contribution in [-0.4, -0.2) is 19.5 Å². The molecule has 0 N–H and O–H groups in total. The van der Waals surface area contributed by atoms with Gasteiger partial charge in [-0.25, -0.2) is 0 Å². The van der Waals surface area contributed by atoms with Crippen LogP contribution < -0.4 is 5.43 Å². The summed E-state index contributed by atoms with van der Waals surface area (Å²) in [7, 11) is 0. The van der Waals surface area contributed by atoms with Gasteiger partial charge in [0, 0.05) is 30.4 Å². The highest BCUT2D eigenvalue weighted by Crippen LogP contribution is 2.18. The molecule has 0 heterocycles. The minimum Gasteiger partial charge on any atom is -0.352 e. The lowest BCUT2D eigenvalue weighted by molar-refractivity contribution is -0.141. The Labute approximate surface area is 154 Å². The molecular weight excluding hydrogens is 324 g/mol. The second-order valence-corrected chi connectivity index (χ2v) is 6.55. The van der Waals surface area contributed by atoms with Gasteiger partial charge in [-0.05, 0) is 29.2 Å². The van der Waals surface area contributed by atoms with Gasteiger partial charge in [-0.2, -0.15) is 0 Å². The van der Waals surface area contributed by atoms with Crippen molar-refractivity contribution in [2.75, 3.05) is 13.2 Å². The Bertz CT molecular complexity index is 925. The molecule has 3 rings (SSSR count). The second-order valence-electron chi connectivity index (χ2n) is 6.55.